The molecule has 0 aliphatic carbocycles. The molecule has 0 aliphatic rings. The van der Waals surface area contributed by atoms with Crippen LogP contribution < -0.4 is 5.73 Å². The second-order valence-corrected chi connectivity index (χ2v) is 4.64. The number of furan rings is 1. The quantitative estimate of drug-likeness (QED) is 0.748. The maximum atomic E-state index is 6.23. The zero-order chi connectivity index (χ0) is 12.1. The van der Waals surface area contributed by atoms with Crippen LogP contribution in [0.2, 0.25) is 0 Å². The first-order valence-corrected chi connectivity index (χ1v) is 6.54. The van der Waals surface area contributed by atoms with Crippen LogP contribution in [0.15, 0.2) is 34.9 Å². The molecule has 0 bridgehead atoms. The lowest BCUT2D eigenvalue weighted by atomic mass is 10.0. The number of nitrogens with two attached hydrogens (primary N) is 1. The Bertz CT molecular complexity index is 461. The van der Waals surface area contributed by atoms with Crippen LogP contribution in [0, 0.1) is 0 Å². The molecule has 1 aromatic heterocycles. The van der Waals surface area contributed by atoms with Gasteiger partial charge in [-0.3, -0.25) is 0 Å². The standard InChI is InChI=1S/C15H21NO/c1-2-3-4-5-9-14(16)13-11-17-15-10-7-6-8-12(13)15/h6-8,10-11,14H,2-5,9,16H2,1H3. The molecular weight excluding hydrogens is 210 g/mol. The van der Waals surface area contributed by atoms with Crippen molar-refractivity contribution < 1.29 is 4.42 Å². The number of hydrogen-bond donors (Lipinski definition) is 1. The molecule has 0 radical (unpaired) electrons. The van der Waals surface area contributed by atoms with E-state index in [9.17, 15) is 0 Å². The van der Waals surface area contributed by atoms with Gasteiger partial charge in [-0.05, 0) is 12.5 Å². The molecule has 1 aromatic carbocycles. The van der Waals surface area contributed by atoms with Crippen molar-refractivity contribution in [1.29, 1.82) is 0 Å². The van der Waals surface area contributed by atoms with E-state index < -0.39 is 0 Å². The van der Waals surface area contributed by atoms with Gasteiger partial charge in [0.2, 0.25) is 0 Å². The monoisotopic (exact) mass is 231 g/mol. The molecule has 17 heavy (non-hydrogen) atoms. The van der Waals surface area contributed by atoms with Crippen molar-refractivity contribution in [3.05, 3.63) is 36.1 Å². The van der Waals surface area contributed by atoms with Crippen molar-refractivity contribution in [2.24, 2.45) is 5.73 Å². The highest BCUT2D eigenvalue weighted by atomic mass is 16.3. The second-order valence-electron chi connectivity index (χ2n) is 4.64. The zero-order valence-electron chi connectivity index (χ0n) is 10.5. The Morgan fingerprint density at radius 2 is 2.00 bits per heavy atom. The normalized spacial score (nSPS) is 13.1. The topological polar surface area (TPSA) is 39.2 Å². The SMILES string of the molecule is CCCCCCC(N)c1coc2ccccc12. The van der Waals surface area contributed by atoms with Gasteiger partial charge in [-0.2, -0.15) is 0 Å². The summed E-state index contributed by atoms with van der Waals surface area (Å²) in [6.07, 6.45) is 7.91. The minimum Gasteiger partial charge on any atom is -0.464 e. The summed E-state index contributed by atoms with van der Waals surface area (Å²) in [6.45, 7) is 2.23. The van der Waals surface area contributed by atoms with Crippen molar-refractivity contribution in [1.82, 2.24) is 0 Å². The summed E-state index contributed by atoms with van der Waals surface area (Å²) in [5, 5.41) is 1.16. The molecule has 2 heteroatoms. The number of fused-ring (bicyclic) bond motifs is 1. The van der Waals surface area contributed by atoms with Crippen molar-refractivity contribution in [3.8, 4) is 0 Å². The molecule has 2 nitrogen and oxygen atoms in total. The molecule has 0 fully saturated rings. The number of hydrogen-bond acceptors (Lipinski definition) is 2. The molecule has 1 unspecified atom stereocenters. The van der Waals surface area contributed by atoms with E-state index in [0.717, 1.165) is 23.0 Å². The Labute approximate surface area is 103 Å². The van der Waals surface area contributed by atoms with E-state index in [0.29, 0.717) is 0 Å². The first-order chi connectivity index (χ1) is 8.33. The third-order valence-corrected chi connectivity index (χ3v) is 3.28. The van der Waals surface area contributed by atoms with Crippen LogP contribution in [0.4, 0.5) is 0 Å². The van der Waals surface area contributed by atoms with E-state index in [1.165, 1.54) is 25.7 Å². The van der Waals surface area contributed by atoms with Crippen LogP contribution in [0.3, 0.4) is 0 Å². The van der Waals surface area contributed by atoms with E-state index >= 15 is 0 Å². The van der Waals surface area contributed by atoms with Gasteiger partial charge < -0.3 is 10.2 Å². The van der Waals surface area contributed by atoms with Crippen molar-refractivity contribution in [2.45, 2.75) is 45.1 Å². The average Bonchev–Trinajstić information content (AvgIpc) is 2.78. The lowest BCUT2D eigenvalue weighted by molar-refractivity contribution is 0.553. The van der Waals surface area contributed by atoms with Gasteiger partial charge in [0.1, 0.15) is 5.58 Å². The maximum Gasteiger partial charge on any atom is 0.134 e. The van der Waals surface area contributed by atoms with Crippen LogP contribution in [-0.2, 0) is 0 Å². The summed E-state index contributed by atoms with van der Waals surface area (Å²) in [4.78, 5) is 0. The third-order valence-electron chi connectivity index (χ3n) is 3.28. The van der Waals surface area contributed by atoms with Gasteiger partial charge in [0, 0.05) is 17.0 Å². The third kappa shape index (κ3) is 2.89. The molecule has 2 rings (SSSR count). The lowest BCUT2D eigenvalue weighted by Crippen LogP contribution is -2.09. The number of rotatable bonds is 6. The highest BCUT2D eigenvalue weighted by Crippen LogP contribution is 2.27. The number of benzene rings is 1. The van der Waals surface area contributed by atoms with Crippen LogP contribution in [0.25, 0.3) is 11.0 Å². The van der Waals surface area contributed by atoms with Crippen LogP contribution in [0.5, 0.6) is 0 Å². The summed E-state index contributed by atoms with van der Waals surface area (Å²) in [7, 11) is 0. The molecule has 0 amide bonds. The fourth-order valence-corrected chi connectivity index (χ4v) is 2.23. The van der Waals surface area contributed by atoms with E-state index in [1.54, 1.807) is 0 Å². The Morgan fingerprint density at radius 1 is 1.18 bits per heavy atom. The van der Waals surface area contributed by atoms with Gasteiger partial charge in [-0.1, -0.05) is 50.8 Å². The first-order valence-electron chi connectivity index (χ1n) is 6.54. The molecular formula is C15H21NO. The molecule has 2 N–H and O–H groups in total. The number of unbranched alkanes of at least 4 members (excludes halogenated alkanes) is 3. The van der Waals surface area contributed by atoms with Gasteiger partial charge in [0.05, 0.1) is 6.26 Å². The summed E-state index contributed by atoms with van der Waals surface area (Å²) < 4.78 is 5.52. The summed E-state index contributed by atoms with van der Waals surface area (Å²) in [5.74, 6) is 0. The number of para-hydroxylation sites is 1. The van der Waals surface area contributed by atoms with Crippen molar-refractivity contribution >= 4 is 11.0 Å². The van der Waals surface area contributed by atoms with Crippen LogP contribution in [0.1, 0.15) is 50.6 Å². The minimum absolute atomic E-state index is 0.107. The smallest absolute Gasteiger partial charge is 0.134 e. The van der Waals surface area contributed by atoms with Gasteiger partial charge in [-0.25, -0.2) is 0 Å². The predicted molar refractivity (Wildman–Crippen MR) is 71.9 cm³/mol. The summed E-state index contributed by atoms with van der Waals surface area (Å²) in [6, 6.07) is 8.20. The van der Waals surface area contributed by atoms with E-state index in [-0.39, 0.29) is 6.04 Å². The fraction of sp³-hybridized carbons (Fsp3) is 0.467. The Kier molecular flexibility index (Phi) is 4.21. The molecule has 1 atom stereocenters. The van der Waals surface area contributed by atoms with Gasteiger partial charge in [0.15, 0.2) is 0 Å². The Morgan fingerprint density at radius 3 is 2.82 bits per heavy atom. The van der Waals surface area contributed by atoms with E-state index in [1.807, 2.05) is 24.5 Å². The lowest BCUT2D eigenvalue weighted by Gasteiger charge is -2.09. The molecule has 0 saturated heterocycles. The highest BCUT2D eigenvalue weighted by Gasteiger charge is 2.12. The zero-order valence-corrected chi connectivity index (χ0v) is 10.5. The second kappa shape index (κ2) is 5.87. The van der Waals surface area contributed by atoms with Crippen molar-refractivity contribution in [3.63, 3.8) is 0 Å². The van der Waals surface area contributed by atoms with Crippen LogP contribution >= 0.6 is 0 Å². The van der Waals surface area contributed by atoms with Gasteiger partial charge in [-0.15, -0.1) is 0 Å². The predicted octanol–water partition coefficient (Wildman–Crippen LogP) is 4.40. The molecule has 0 spiro atoms. The van der Waals surface area contributed by atoms with Gasteiger partial charge in [0.25, 0.3) is 0 Å². The van der Waals surface area contributed by atoms with E-state index in [2.05, 4.69) is 13.0 Å². The van der Waals surface area contributed by atoms with Crippen molar-refractivity contribution in [2.75, 3.05) is 0 Å². The Hall–Kier alpha value is -1.28. The average molecular weight is 231 g/mol. The van der Waals surface area contributed by atoms with E-state index in [4.69, 9.17) is 10.2 Å². The molecule has 0 saturated carbocycles. The molecule has 0 aliphatic heterocycles. The summed E-state index contributed by atoms with van der Waals surface area (Å²) in [5.41, 5.74) is 8.31. The summed E-state index contributed by atoms with van der Waals surface area (Å²) >= 11 is 0. The largest absolute Gasteiger partial charge is 0.464 e. The fourth-order valence-electron chi connectivity index (χ4n) is 2.23. The maximum absolute atomic E-state index is 6.23. The minimum atomic E-state index is 0.107. The Balaban J connectivity index is 2.01. The molecule has 2 aromatic rings. The highest BCUT2D eigenvalue weighted by molar-refractivity contribution is 5.81. The molecule has 92 valence electrons. The molecule has 1 heterocycles. The van der Waals surface area contributed by atoms with Crippen LogP contribution in [-0.4, -0.2) is 0 Å². The first kappa shape index (κ1) is 12.2. The van der Waals surface area contributed by atoms with Gasteiger partial charge >= 0.3 is 0 Å².